The highest BCUT2D eigenvalue weighted by molar-refractivity contribution is 6.42. The Morgan fingerprint density at radius 1 is 1.06 bits per heavy atom. The molecule has 1 aliphatic heterocycles. The molecule has 182 valence electrons. The number of hydrogen-bond donors (Lipinski definition) is 1. The van der Waals surface area contributed by atoms with Crippen molar-refractivity contribution in [3.63, 3.8) is 0 Å². The Morgan fingerprint density at radius 2 is 1.80 bits per heavy atom. The van der Waals surface area contributed by atoms with E-state index in [1.807, 2.05) is 24.3 Å². The molecule has 4 rings (SSSR count). The lowest BCUT2D eigenvalue weighted by atomic mass is 9.87. The summed E-state index contributed by atoms with van der Waals surface area (Å²) >= 11 is 18.4. The molecule has 8 heteroatoms. The summed E-state index contributed by atoms with van der Waals surface area (Å²) in [5.41, 5.74) is 2.64. The van der Waals surface area contributed by atoms with E-state index in [1.54, 1.807) is 36.4 Å². The number of halogens is 3. The van der Waals surface area contributed by atoms with E-state index in [9.17, 15) is 14.7 Å². The fraction of sp³-hybridized carbons (Fsp3) is 0.259. The van der Waals surface area contributed by atoms with Crippen molar-refractivity contribution < 1.29 is 19.4 Å². The van der Waals surface area contributed by atoms with Crippen LogP contribution in [0.25, 0.3) is 0 Å². The molecule has 3 aromatic rings. The molecule has 1 atom stereocenters. The molecule has 5 nitrogen and oxygen atoms in total. The minimum absolute atomic E-state index is 0.0251. The molecule has 0 saturated heterocycles. The van der Waals surface area contributed by atoms with Crippen molar-refractivity contribution >= 4 is 46.7 Å². The van der Waals surface area contributed by atoms with Crippen LogP contribution in [0.1, 0.15) is 40.4 Å². The summed E-state index contributed by atoms with van der Waals surface area (Å²) in [6, 6.07) is 18.0. The van der Waals surface area contributed by atoms with E-state index in [4.69, 9.17) is 39.5 Å². The third kappa shape index (κ3) is 6.10. The zero-order chi connectivity index (χ0) is 25.2. The first-order chi connectivity index (χ1) is 16.6. The Kier molecular flexibility index (Phi) is 7.60. The van der Waals surface area contributed by atoms with E-state index < -0.39 is 18.4 Å². The zero-order valence-corrected chi connectivity index (χ0v) is 21.3. The summed E-state index contributed by atoms with van der Waals surface area (Å²) in [5, 5.41) is 10.7. The Hall–Kier alpha value is -2.73. The molecule has 0 unspecified atom stereocenters. The Bertz CT molecular complexity index is 1260. The predicted octanol–water partition coefficient (Wildman–Crippen LogP) is 6.70. The van der Waals surface area contributed by atoms with Gasteiger partial charge in [-0.25, -0.2) is 0 Å². The van der Waals surface area contributed by atoms with Gasteiger partial charge in [-0.2, -0.15) is 0 Å². The highest BCUT2D eigenvalue weighted by atomic mass is 35.5. The molecule has 0 fully saturated rings. The van der Waals surface area contributed by atoms with Crippen molar-refractivity contribution in [1.82, 2.24) is 4.90 Å². The molecule has 0 radical (unpaired) electrons. The number of rotatable bonds is 7. The van der Waals surface area contributed by atoms with Gasteiger partial charge in [-0.3, -0.25) is 9.59 Å². The van der Waals surface area contributed by atoms with Gasteiger partial charge >= 0.3 is 5.97 Å². The largest absolute Gasteiger partial charge is 0.487 e. The number of hydrogen-bond acceptors (Lipinski definition) is 3. The van der Waals surface area contributed by atoms with Crippen molar-refractivity contribution in [2.24, 2.45) is 0 Å². The number of carboxylic acids is 1. The van der Waals surface area contributed by atoms with E-state index in [0.717, 1.165) is 36.1 Å². The molecular weight excluding hydrogens is 509 g/mol. The van der Waals surface area contributed by atoms with Gasteiger partial charge in [0.1, 0.15) is 17.9 Å². The summed E-state index contributed by atoms with van der Waals surface area (Å²) in [5.74, 6) is -0.788. The van der Waals surface area contributed by atoms with Crippen molar-refractivity contribution in [1.29, 1.82) is 0 Å². The summed E-state index contributed by atoms with van der Waals surface area (Å²) in [7, 11) is 0. The minimum atomic E-state index is -1.12. The van der Waals surface area contributed by atoms with Gasteiger partial charge in [-0.15, -0.1) is 0 Å². The van der Waals surface area contributed by atoms with E-state index in [2.05, 4.69) is 6.92 Å². The molecule has 1 aliphatic rings. The van der Waals surface area contributed by atoms with Crippen LogP contribution in [-0.2, 0) is 24.2 Å². The molecule has 35 heavy (non-hydrogen) atoms. The number of ether oxygens (including phenoxy) is 1. The van der Waals surface area contributed by atoms with E-state index in [0.29, 0.717) is 26.2 Å². The molecular formula is C27H24Cl3NO4. The lowest BCUT2D eigenvalue weighted by molar-refractivity contribution is -0.137. The average molecular weight is 533 g/mol. The molecule has 3 aromatic carbocycles. The van der Waals surface area contributed by atoms with E-state index in [1.165, 1.54) is 4.90 Å². The number of aliphatic carboxylic acids is 1. The van der Waals surface area contributed by atoms with Crippen LogP contribution in [0.4, 0.5) is 0 Å². The Balaban J connectivity index is 1.53. The topological polar surface area (TPSA) is 66.8 Å². The number of carboxylic acid groups (broad SMARTS) is 1. The maximum Gasteiger partial charge on any atom is 0.323 e. The molecule has 0 spiro atoms. The summed E-state index contributed by atoms with van der Waals surface area (Å²) in [4.78, 5) is 26.0. The van der Waals surface area contributed by atoms with Gasteiger partial charge in [-0.1, -0.05) is 59.1 Å². The second-order valence-electron chi connectivity index (χ2n) is 8.95. The molecule has 0 saturated carbocycles. The van der Waals surface area contributed by atoms with Gasteiger partial charge in [0.25, 0.3) is 5.91 Å². The first-order valence-electron chi connectivity index (χ1n) is 11.1. The first-order valence-corrected chi connectivity index (χ1v) is 12.3. The normalized spacial score (nSPS) is 16.8. The quantitative estimate of drug-likeness (QED) is 0.368. The van der Waals surface area contributed by atoms with Gasteiger partial charge < -0.3 is 14.7 Å². The van der Waals surface area contributed by atoms with Crippen LogP contribution in [0.15, 0.2) is 60.7 Å². The number of carbonyl (C=O) groups is 2. The number of amides is 1. The van der Waals surface area contributed by atoms with Gasteiger partial charge in [-0.05, 0) is 72.9 Å². The molecule has 1 amide bonds. The lowest BCUT2D eigenvalue weighted by Crippen LogP contribution is -2.39. The second kappa shape index (κ2) is 10.5. The highest BCUT2D eigenvalue weighted by Crippen LogP contribution is 2.36. The van der Waals surface area contributed by atoms with Crippen LogP contribution >= 0.6 is 34.8 Å². The monoisotopic (exact) mass is 531 g/mol. The van der Waals surface area contributed by atoms with Crippen LogP contribution < -0.4 is 4.74 Å². The van der Waals surface area contributed by atoms with Gasteiger partial charge in [0.2, 0.25) is 0 Å². The van der Waals surface area contributed by atoms with Crippen LogP contribution in [0.3, 0.4) is 0 Å². The molecule has 1 N–H and O–H groups in total. The van der Waals surface area contributed by atoms with Crippen molar-refractivity contribution in [3.8, 4) is 5.75 Å². The predicted molar refractivity (Wildman–Crippen MR) is 138 cm³/mol. The number of carbonyl (C=O) groups excluding carboxylic acids is 1. The molecule has 0 bridgehead atoms. The number of benzene rings is 3. The maximum atomic E-state index is 13.3. The fourth-order valence-corrected chi connectivity index (χ4v) is 4.81. The fourth-order valence-electron chi connectivity index (χ4n) is 4.30. The minimum Gasteiger partial charge on any atom is -0.487 e. The van der Waals surface area contributed by atoms with Crippen molar-refractivity contribution in [2.75, 3.05) is 6.54 Å². The van der Waals surface area contributed by atoms with Crippen LogP contribution in [0, 0.1) is 0 Å². The number of fused-ring (bicyclic) bond motifs is 1. The van der Waals surface area contributed by atoms with Gasteiger partial charge in [0.15, 0.2) is 0 Å². The highest BCUT2D eigenvalue weighted by Gasteiger charge is 2.32. The van der Waals surface area contributed by atoms with E-state index in [-0.39, 0.29) is 12.1 Å². The number of nitrogens with zero attached hydrogens (tertiary/aromatic N) is 1. The summed E-state index contributed by atoms with van der Waals surface area (Å²) < 4.78 is 6.35. The molecule has 0 aromatic heterocycles. The standard InChI is InChI=1S/C27H24Cl3NO4/c1-27(14-17-5-8-21(28)9-6-17)12-11-18-13-19(7-10-23(18)35-27)26(34)31(16-24(32)33)15-20-3-2-4-22(29)25(20)30/h2-10,13H,11-12,14-16H2,1H3,(H,32,33)/t27-/m1/s1. The van der Waals surface area contributed by atoms with Crippen LogP contribution in [0.5, 0.6) is 5.75 Å². The summed E-state index contributed by atoms with van der Waals surface area (Å²) in [6.07, 6.45) is 2.24. The Morgan fingerprint density at radius 3 is 2.51 bits per heavy atom. The molecule has 0 aliphatic carbocycles. The van der Waals surface area contributed by atoms with Gasteiger partial charge in [0, 0.05) is 23.6 Å². The van der Waals surface area contributed by atoms with Crippen molar-refractivity contribution in [3.05, 3.63) is 98.0 Å². The number of aryl methyl sites for hydroxylation is 1. The van der Waals surface area contributed by atoms with Crippen LogP contribution in [-0.4, -0.2) is 34.0 Å². The average Bonchev–Trinajstić information content (AvgIpc) is 2.82. The van der Waals surface area contributed by atoms with Crippen molar-refractivity contribution in [2.45, 2.75) is 38.3 Å². The first kappa shape index (κ1) is 25.4. The SMILES string of the molecule is C[C@]1(Cc2ccc(Cl)cc2)CCc2cc(C(=O)N(CC(=O)O)Cc3cccc(Cl)c3Cl)ccc2O1. The second-order valence-corrected chi connectivity index (χ2v) is 10.2. The Labute approximate surface area is 219 Å². The maximum absolute atomic E-state index is 13.3. The third-order valence-electron chi connectivity index (χ3n) is 6.08. The summed E-state index contributed by atoms with van der Waals surface area (Å²) in [6.45, 7) is 1.64. The lowest BCUT2D eigenvalue weighted by Gasteiger charge is -2.36. The van der Waals surface area contributed by atoms with E-state index >= 15 is 0 Å². The molecule has 1 heterocycles. The van der Waals surface area contributed by atoms with Crippen LogP contribution in [0.2, 0.25) is 15.1 Å². The van der Waals surface area contributed by atoms with Gasteiger partial charge in [0.05, 0.1) is 10.0 Å². The third-order valence-corrected chi connectivity index (χ3v) is 7.19. The smallest absolute Gasteiger partial charge is 0.323 e. The zero-order valence-electron chi connectivity index (χ0n) is 19.1.